The van der Waals surface area contributed by atoms with Crippen LogP contribution < -0.4 is 4.90 Å². The van der Waals surface area contributed by atoms with Crippen LogP contribution >= 0.6 is 0 Å². The summed E-state index contributed by atoms with van der Waals surface area (Å²) in [5.41, 5.74) is 1.12. The Hall–Kier alpha value is -2.11. The quantitative estimate of drug-likeness (QED) is 0.581. The summed E-state index contributed by atoms with van der Waals surface area (Å²) in [7, 11) is 0. The molecular weight excluding hydrogens is 234 g/mol. The number of para-hydroxylation sites is 1. The van der Waals surface area contributed by atoms with E-state index < -0.39 is 17.4 Å². The van der Waals surface area contributed by atoms with Gasteiger partial charge in [0.05, 0.1) is 0 Å². The van der Waals surface area contributed by atoms with Gasteiger partial charge in [0.1, 0.15) is 0 Å². The van der Waals surface area contributed by atoms with Crippen LogP contribution in [0.15, 0.2) is 30.3 Å². The Labute approximate surface area is 105 Å². The van der Waals surface area contributed by atoms with Gasteiger partial charge in [-0.3, -0.25) is 14.9 Å². The zero-order valence-electron chi connectivity index (χ0n) is 9.99. The van der Waals surface area contributed by atoms with Gasteiger partial charge in [-0.1, -0.05) is 18.2 Å². The van der Waals surface area contributed by atoms with E-state index in [2.05, 4.69) is 4.90 Å². The molecule has 0 radical (unpaired) electrons. The zero-order valence-corrected chi connectivity index (χ0v) is 9.99. The molecule has 1 saturated heterocycles. The van der Waals surface area contributed by atoms with Crippen LogP contribution in [0.2, 0.25) is 0 Å². The molecule has 1 fully saturated rings. The number of nitro groups is 1. The van der Waals surface area contributed by atoms with E-state index >= 15 is 0 Å². The van der Waals surface area contributed by atoms with Gasteiger partial charge >= 0.3 is 0 Å². The largest absolute Gasteiger partial charge is 0.368 e. The van der Waals surface area contributed by atoms with E-state index in [1.54, 1.807) is 4.90 Å². The third kappa shape index (κ3) is 2.97. The summed E-state index contributed by atoms with van der Waals surface area (Å²) in [6.45, 7) is 1.91. The molecule has 18 heavy (non-hydrogen) atoms. The second-order valence-electron chi connectivity index (χ2n) is 4.19. The Kier molecular flexibility index (Phi) is 3.76. The van der Waals surface area contributed by atoms with Crippen molar-refractivity contribution in [2.24, 2.45) is 0 Å². The van der Waals surface area contributed by atoms with Crippen LogP contribution in [-0.4, -0.2) is 48.5 Å². The van der Waals surface area contributed by atoms with Crippen molar-refractivity contribution in [1.29, 1.82) is 0 Å². The number of nitrogens with zero attached hydrogens (tertiary/aromatic N) is 3. The highest BCUT2D eigenvalue weighted by Gasteiger charge is 2.23. The van der Waals surface area contributed by atoms with Gasteiger partial charge in [-0.2, -0.15) is 0 Å². The summed E-state index contributed by atoms with van der Waals surface area (Å²) >= 11 is 0. The van der Waals surface area contributed by atoms with Gasteiger partial charge in [0.2, 0.25) is 0 Å². The number of carbonyl (C=O) groups excluding carboxylic acids is 1. The van der Waals surface area contributed by atoms with Crippen molar-refractivity contribution in [2.45, 2.75) is 0 Å². The molecule has 0 bridgehead atoms. The molecule has 0 aromatic heterocycles. The average Bonchev–Trinajstić information content (AvgIpc) is 2.39. The van der Waals surface area contributed by atoms with E-state index in [1.165, 1.54) is 0 Å². The Morgan fingerprint density at radius 2 is 1.78 bits per heavy atom. The SMILES string of the molecule is O=C(C[N+](=O)[O-])N1CCN(c2ccccc2)CC1. The van der Waals surface area contributed by atoms with E-state index in [1.807, 2.05) is 30.3 Å². The lowest BCUT2D eigenvalue weighted by Gasteiger charge is -2.35. The second-order valence-corrected chi connectivity index (χ2v) is 4.19. The first-order valence-electron chi connectivity index (χ1n) is 5.86. The lowest BCUT2D eigenvalue weighted by molar-refractivity contribution is -0.468. The Balaban J connectivity index is 1.88. The summed E-state index contributed by atoms with van der Waals surface area (Å²) in [4.78, 5) is 25.0. The highest BCUT2D eigenvalue weighted by Crippen LogP contribution is 2.15. The first-order chi connectivity index (χ1) is 8.66. The van der Waals surface area contributed by atoms with Crippen molar-refractivity contribution < 1.29 is 9.72 Å². The summed E-state index contributed by atoms with van der Waals surface area (Å²) in [6, 6.07) is 9.95. The molecule has 6 heteroatoms. The van der Waals surface area contributed by atoms with Crippen LogP contribution in [0.3, 0.4) is 0 Å². The maximum Gasteiger partial charge on any atom is 0.294 e. The number of rotatable bonds is 3. The van der Waals surface area contributed by atoms with Gasteiger partial charge in [0.15, 0.2) is 0 Å². The van der Waals surface area contributed by atoms with Crippen LogP contribution in [-0.2, 0) is 4.79 Å². The molecule has 0 saturated carbocycles. The van der Waals surface area contributed by atoms with Crippen LogP contribution in [0.4, 0.5) is 5.69 Å². The van der Waals surface area contributed by atoms with E-state index in [4.69, 9.17) is 0 Å². The van der Waals surface area contributed by atoms with E-state index in [-0.39, 0.29) is 0 Å². The van der Waals surface area contributed by atoms with Gasteiger partial charge < -0.3 is 9.80 Å². The van der Waals surface area contributed by atoms with Gasteiger partial charge in [-0.15, -0.1) is 0 Å². The normalized spacial score (nSPS) is 15.6. The molecule has 1 aliphatic heterocycles. The standard InChI is InChI=1S/C12H15N3O3/c16-12(10-15(17)18)14-8-6-13(7-9-14)11-4-2-1-3-5-11/h1-5H,6-10H2. The zero-order chi connectivity index (χ0) is 13.0. The Morgan fingerprint density at radius 1 is 1.17 bits per heavy atom. The summed E-state index contributed by atoms with van der Waals surface area (Å²) < 4.78 is 0. The van der Waals surface area contributed by atoms with E-state index in [0.717, 1.165) is 5.69 Å². The van der Waals surface area contributed by atoms with Crippen LogP contribution in [0.5, 0.6) is 0 Å². The highest BCUT2D eigenvalue weighted by atomic mass is 16.6. The first kappa shape index (κ1) is 12.3. The average molecular weight is 249 g/mol. The maximum atomic E-state index is 11.5. The molecule has 1 aromatic rings. The number of carbonyl (C=O) groups is 1. The number of piperazine rings is 1. The minimum absolute atomic E-state index is 0.396. The fraction of sp³-hybridized carbons (Fsp3) is 0.417. The Bertz CT molecular complexity index is 427. The van der Waals surface area contributed by atoms with Gasteiger partial charge in [0, 0.05) is 36.8 Å². The monoisotopic (exact) mass is 249 g/mol. The van der Waals surface area contributed by atoms with Crippen molar-refractivity contribution in [3.05, 3.63) is 40.4 Å². The highest BCUT2D eigenvalue weighted by molar-refractivity contribution is 5.77. The topological polar surface area (TPSA) is 66.7 Å². The minimum atomic E-state index is -0.606. The molecule has 1 aliphatic rings. The fourth-order valence-corrected chi connectivity index (χ4v) is 2.06. The summed E-state index contributed by atoms with van der Waals surface area (Å²) in [5.74, 6) is -0.396. The molecule has 0 aliphatic carbocycles. The van der Waals surface area contributed by atoms with Crippen LogP contribution in [0, 0.1) is 10.1 Å². The molecule has 1 aromatic carbocycles. The molecule has 2 rings (SSSR count). The smallest absolute Gasteiger partial charge is 0.294 e. The van der Waals surface area contributed by atoms with Crippen molar-refractivity contribution in [1.82, 2.24) is 4.90 Å². The van der Waals surface area contributed by atoms with Crippen molar-refractivity contribution >= 4 is 11.6 Å². The molecular formula is C12H15N3O3. The number of hydrogen-bond acceptors (Lipinski definition) is 4. The lowest BCUT2D eigenvalue weighted by Crippen LogP contribution is -2.50. The molecule has 6 nitrogen and oxygen atoms in total. The first-order valence-corrected chi connectivity index (χ1v) is 5.86. The Morgan fingerprint density at radius 3 is 2.33 bits per heavy atom. The lowest BCUT2D eigenvalue weighted by atomic mass is 10.2. The van der Waals surface area contributed by atoms with Gasteiger partial charge in [0.25, 0.3) is 12.5 Å². The summed E-state index contributed by atoms with van der Waals surface area (Å²) in [5, 5.41) is 10.3. The van der Waals surface area contributed by atoms with Crippen LogP contribution in [0.25, 0.3) is 0 Å². The second kappa shape index (κ2) is 5.48. The number of amides is 1. The number of hydrogen-bond donors (Lipinski definition) is 0. The molecule has 96 valence electrons. The predicted molar refractivity (Wildman–Crippen MR) is 67.1 cm³/mol. The molecule has 0 unspecified atom stereocenters. The van der Waals surface area contributed by atoms with Crippen LogP contribution in [0.1, 0.15) is 0 Å². The predicted octanol–water partition coefficient (Wildman–Crippen LogP) is 0.612. The third-order valence-corrected chi connectivity index (χ3v) is 3.02. The van der Waals surface area contributed by atoms with Crippen molar-refractivity contribution in [2.75, 3.05) is 37.6 Å². The molecule has 1 amide bonds. The molecule has 1 heterocycles. The number of anilines is 1. The maximum absolute atomic E-state index is 11.5. The van der Waals surface area contributed by atoms with Crippen molar-refractivity contribution in [3.63, 3.8) is 0 Å². The van der Waals surface area contributed by atoms with Crippen molar-refractivity contribution in [3.8, 4) is 0 Å². The van der Waals surface area contributed by atoms with Gasteiger partial charge in [-0.25, -0.2) is 0 Å². The number of benzene rings is 1. The molecule has 0 atom stereocenters. The van der Waals surface area contributed by atoms with E-state index in [9.17, 15) is 14.9 Å². The summed E-state index contributed by atoms with van der Waals surface area (Å²) in [6.07, 6.45) is 0. The van der Waals surface area contributed by atoms with E-state index in [0.29, 0.717) is 26.2 Å². The minimum Gasteiger partial charge on any atom is -0.368 e. The molecule has 0 spiro atoms. The molecule has 0 N–H and O–H groups in total. The fourth-order valence-electron chi connectivity index (χ4n) is 2.06. The third-order valence-electron chi connectivity index (χ3n) is 3.02. The van der Waals surface area contributed by atoms with Gasteiger partial charge in [-0.05, 0) is 12.1 Å².